The van der Waals surface area contributed by atoms with Crippen LogP contribution in [0, 0.1) is 0 Å². The van der Waals surface area contributed by atoms with Crippen molar-refractivity contribution >= 4 is 5.97 Å². The second-order valence-corrected chi connectivity index (χ2v) is 2.24. The van der Waals surface area contributed by atoms with Crippen molar-refractivity contribution in [1.29, 1.82) is 0 Å². The van der Waals surface area contributed by atoms with Gasteiger partial charge < -0.3 is 14.9 Å². The number of aromatic nitrogens is 1. The number of aliphatic hydroxyl groups is 1. The van der Waals surface area contributed by atoms with Crippen molar-refractivity contribution in [2.75, 3.05) is 13.2 Å². The van der Waals surface area contributed by atoms with E-state index in [1.807, 2.05) is 0 Å². The molecule has 0 saturated carbocycles. The molecular formula is C8H9NO4. The van der Waals surface area contributed by atoms with Crippen LogP contribution in [0.2, 0.25) is 0 Å². The standard InChI is InChI=1S/C8H9NO4/c10-4-5-13-7-3-1-2-6(9-7)8(11)12/h1-3,10H,4-5H2,(H,11,12). The molecule has 13 heavy (non-hydrogen) atoms. The van der Waals surface area contributed by atoms with Crippen LogP contribution < -0.4 is 4.74 Å². The van der Waals surface area contributed by atoms with E-state index in [1.54, 1.807) is 0 Å². The normalized spacial score (nSPS) is 9.62. The van der Waals surface area contributed by atoms with Crippen LogP contribution >= 0.6 is 0 Å². The highest BCUT2D eigenvalue weighted by Gasteiger charge is 2.04. The average molecular weight is 183 g/mol. The molecule has 70 valence electrons. The van der Waals surface area contributed by atoms with Crippen LogP contribution in [0.15, 0.2) is 18.2 Å². The third kappa shape index (κ3) is 2.72. The molecule has 0 aliphatic carbocycles. The number of pyridine rings is 1. The number of hydrogen-bond donors (Lipinski definition) is 2. The third-order valence-corrected chi connectivity index (χ3v) is 1.28. The van der Waals surface area contributed by atoms with Gasteiger partial charge in [0.2, 0.25) is 5.88 Å². The summed E-state index contributed by atoms with van der Waals surface area (Å²) in [5, 5.41) is 17.0. The minimum Gasteiger partial charge on any atom is -0.477 e. The van der Waals surface area contributed by atoms with Gasteiger partial charge in [0.15, 0.2) is 5.69 Å². The van der Waals surface area contributed by atoms with Crippen molar-refractivity contribution in [2.24, 2.45) is 0 Å². The van der Waals surface area contributed by atoms with Crippen molar-refractivity contribution in [3.05, 3.63) is 23.9 Å². The summed E-state index contributed by atoms with van der Waals surface area (Å²) in [5.41, 5.74) is -0.0737. The van der Waals surface area contributed by atoms with Gasteiger partial charge in [-0.15, -0.1) is 0 Å². The molecule has 0 aliphatic heterocycles. The molecule has 1 aromatic rings. The zero-order valence-electron chi connectivity index (χ0n) is 6.80. The average Bonchev–Trinajstić information content (AvgIpc) is 2.15. The highest BCUT2D eigenvalue weighted by atomic mass is 16.5. The van der Waals surface area contributed by atoms with Gasteiger partial charge in [0, 0.05) is 6.07 Å². The second kappa shape index (κ2) is 4.42. The number of rotatable bonds is 4. The van der Waals surface area contributed by atoms with E-state index in [0.29, 0.717) is 0 Å². The number of nitrogens with zero attached hydrogens (tertiary/aromatic N) is 1. The number of ether oxygens (including phenoxy) is 1. The number of aromatic carboxylic acids is 1. The molecule has 0 amide bonds. The van der Waals surface area contributed by atoms with Gasteiger partial charge in [0.1, 0.15) is 6.61 Å². The summed E-state index contributed by atoms with van der Waals surface area (Å²) in [6.07, 6.45) is 0. The maximum atomic E-state index is 10.5. The van der Waals surface area contributed by atoms with Gasteiger partial charge in [0.05, 0.1) is 6.61 Å². The summed E-state index contributed by atoms with van der Waals surface area (Å²) < 4.78 is 4.92. The lowest BCUT2D eigenvalue weighted by Gasteiger charge is -2.02. The maximum absolute atomic E-state index is 10.5. The van der Waals surface area contributed by atoms with Crippen LogP contribution in [0.3, 0.4) is 0 Å². The molecular weight excluding hydrogens is 174 g/mol. The lowest BCUT2D eigenvalue weighted by molar-refractivity contribution is 0.0689. The van der Waals surface area contributed by atoms with E-state index in [2.05, 4.69) is 4.98 Å². The molecule has 1 aromatic heterocycles. The quantitative estimate of drug-likeness (QED) is 0.694. The molecule has 1 rings (SSSR count). The Morgan fingerprint density at radius 1 is 1.54 bits per heavy atom. The molecule has 2 N–H and O–H groups in total. The van der Waals surface area contributed by atoms with Gasteiger partial charge in [-0.3, -0.25) is 0 Å². The zero-order chi connectivity index (χ0) is 9.68. The molecule has 0 aliphatic rings. The van der Waals surface area contributed by atoms with Crippen molar-refractivity contribution in [2.45, 2.75) is 0 Å². The van der Waals surface area contributed by atoms with Gasteiger partial charge in [-0.05, 0) is 6.07 Å². The van der Waals surface area contributed by atoms with Crippen LogP contribution in [0.25, 0.3) is 0 Å². The number of hydrogen-bond acceptors (Lipinski definition) is 4. The van der Waals surface area contributed by atoms with Crippen molar-refractivity contribution < 1.29 is 19.7 Å². The Morgan fingerprint density at radius 2 is 2.31 bits per heavy atom. The Morgan fingerprint density at radius 3 is 2.92 bits per heavy atom. The fourth-order valence-corrected chi connectivity index (χ4v) is 0.765. The monoisotopic (exact) mass is 183 g/mol. The van der Waals surface area contributed by atoms with Crippen LogP contribution in [0.4, 0.5) is 0 Å². The molecule has 0 fully saturated rings. The predicted molar refractivity (Wildman–Crippen MR) is 43.8 cm³/mol. The van der Waals surface area contributed by atoms with E-state index in [1.165, 1.54) is 18.2 Å². The van der Waals surface area contributed by atoms with Gasteiger partial charge in [-0.1, -0.05) is 6.07 Å². The molecule has 0 unspecified atom stereocenters. The maximum Gasteiger partial charge on any atom is 0.354 e. The Balaban J connectivity index is 2.73. The molecule has 0 atom stereocenters. The second-order valence-electron chi connectivity index (χ2n) is 2.24. The lowest BCUT2D eigenvalue weighted by Crippen LogP contribution is -2.06. The first-order chi connectivity index (χ1) is 6.24. The molecule has 1 heterocycles. The molecule has 0 saturated heterocycles. The zero-order valence-corrected chi connectivity index (χ0v) is 6.80. The van der Waals surface area contributed by atoms with Gasteiger partial charge in [-0.2, -0.15) is 0 Å². The van der Waals surface area contributed by atoms with Gasteiger partial charge in [0.25, 0.3) is 0 Å². The molecule has 0 radical (unpaired) electrons. The van der Waals surface area contributed by atoms with Crippen molar-refractivity contribution in [1.82, 2.24) is 4.98 Å². The number of carboxylic acid groups (broad SMARTS) is 1. The number of carboxylic acids is 1. The van der Waals surface area contributed by atoms with Crippen LogP contribution in [-0.4, -0.2) is 34.4 Å². The lowest BCUT2D eigenvalue weighted by atomic mass is 10.3. The molecule has 5 nitrogen and oxygen atoms in total. The topological polar surface area (TPSA) is 79.7 Å². The van der Waals surface area contributed by atoms with Crippen molar-refractivity contribution in [3.63, 3.8) is 0 Å². The largest absolute Gasteiger partial charge is 0.477 e. The highest BCUT2D eigenvalue weighted by molar-refractivity contribution is 5.85. The van der Waals surface area contributed by atoms with E-state index >= 15 is 0 Å². The Bertz CT molecular complexity index is 300. The first-order valence-electron chi connectivity index (χ1n) is 3.68. The van der Waals surface area contributed by atoms with E-state index in [4.69, 9.17) is 14.9 Å². The SMILES string of the molecule is O=C(O)c1cccc(OCCO)n1. The minimum atomic E-state index is -1.10. The summed E-state index contributed by atoms with van der Waals surface area (Å²) in [6.45, 7) is -0.0188. The van der Waals surface area contributed by atoms with E-state index < -0.39 is 5.97 Å². The van der Waals surface area contributed by atoms with Crippen LogP contribution in [-0.2, 0) is 0 Å². The Kier molecular flexibility index (Phi) is 3.22. The third-order valence-electron chi connectivity index (χ3n) is 1.28. The van der Waals surface area contributed by atoms with E-state index in [-0.39, 0.29) is 24.8 Å². The summed E-state index contributed by atoms with van der Waals surface area (Å²) in [6, 6.07) is 4.43. The summed E-state index contributed by atoms with van der Waals surface area (Å²) in [5.74, 6) is -0.900. The Labute approximate surface area is 74.6 Å². The fraction of sp³-hybridized carbons (Fsp3) is 0.250. The summed E-state index contributed by atoms with van der Waals surface area (Å²) in [7, 11) is 0. The smallest absolute Gasteiger partial charge is 0.354 e. The first kappa shape index (κ1) is 9.47. The van der Waals surface area contributed by atoms with Gasteiger partial charge in [-0.25, -0.2) is 9.78 Å². The van der Waals surface area contributed by atoms with Crippen LogP contribution in [0.1, 0.15) is 10.5 Å². The first-order valence-corrected chi connectivity index (χ1v) is 3.68. The molecule has 0 bridgehead atoms. The Hall–Kier alpha value is -1.62. The summed E-state index contributed by atoms with van der Waals surface area (Å²) in [4.78, 5) is 14.1. The minimum absolute atomic E-state index is 0.0737. The molecule has 0 aromatic carbocycles. The predicted octanol–water partition coefficient (Wildman–Crippen LogP) is 0.151. The van der Waals surface area contributed by atoms with Crippen LogP contribution in [0.5, 0.6) is 5.88 Å². The van der Waals surface area contributed by atoms with E-state index in [9.17, 15) is 4.79 Å². The summed E-state index contributed by atoms with van der Waals surface area (Å²) >= 11 is 0. The highest BCUT2D eigenvalue weighted by Crippen LogP contribution is 2.06. The van der Waals surface area contributed by atoms with Crippen molar-refractivity contribution in [3.8, 4) is 5.88 Å². The van der Waals surface area contributed by atoms with E-state index in [0.717, 1.165) is 0 Å². The van der Waals surface area contributed by atoms with Gasteiger partial charge >= 0.3 is 5.97 Å². The fourth-order valence-electron chi connectivity index (χ4n) is 0.765. The number of aliphatic hydroxyl groups excluding tert-OH is 1. The molecule has 0 spiro atoms. The number of carbonyl (C=O) groups is 1. The molecule has 5 heteroatoms.